The summed E-state index contributed by atoms with van der Waals surface area (Å²) in [5, 5.41) is 9.46. The summed E-state index contributed by atoms with van der Waals surface area (Å²) in [6, 6.07) is 7.62. The van der Waals surface area contributed by atoms with Crippen molar-refractivity contribution in [1.29, 1.82) is 0 Å². The highest BCUT2D eigenvalue weighted by Crippen LogP contribution is 2.37. The van der Waals surface area contributed by atoms with Gasteiger partial charge in [0.15, 0.2) is 0 Å². The predicted molar refractivity (Wildman–Crippen MR) is 71.0 cm³/mol. The molecule has 0 amide bonds. The number of phenols is 1. The van der Waals surface area contributed by atoms with Crippen molar-refractivity contribution in [3.05, 3.63) is 29.8 Å². The fraction of sp³-hybridized carbons (Fsp3) is 0.600. The molecular weight excluding hydrogens is 210 g/mol. The molecule has 1 aliphatic rings. The lowest BCUT2D eigenvalue weighted by Gasteiger charge is -2.26. The molecule has 0 atom stereocenters. The summed E-state index contributed by atoms with van der Waals surface area (Å²) in [6.45, 7) is 7.98. The van der Waals surface area contributed by atoms with Gasteiger partial charge in [0.05, 0.1) is 0 Å². The number of likely N-dealkylation sites (tertiary alicyclic amines) is 1. The third-order valence-electron chi connectivity index (χ3n) is 4.33. The summed E-state index contributed by atoms with van der Waals surface area (Å²) >= 11 is 0. The van der Waals surface area contributed by atoms with Crippen molar-refractivity contribution in [2.24, 2.45) is 5.41 Å². The van der Waals surface area contributed by atoms with Crippen LogP contribution in [0.5, 0.6) is 5.75 Å². The molecule has 1 aromatic carbocycles. The standard InChI is InChI=1S/C15H23NO/c1-3-15(4-2)8-9-16(12-15)11-13-6-5-7-14(17)10-13/h5-7,10,17H,3-4,8-9,11-12H2,1-2H3. The third kappa shape index (κ3) is 2.81. The van der Waals surface area contributed by atoms with Crippen LogP contribution in [0.4, 0.5) is 0 Å². The summed E-state index contributed by atoms with van der Waals surface area (Å²) in [5.41, 5.74) is 1.75. The largest absolute Gasteiger partial charge is 0.508 e. The lowest BCUT2D eigenvalue weighted by Crippen LogP contribution is -2.26. The van der Waals surface area contributed by atoms with Crippen LogP contribution in [0.25, 0.3) is 0 Å². The molecule has 0 spiro atoms. The molecule has 1 heterocycles. The topological polar surface area (TPSA) is 23.5 Å². The van der Waals surface area contributed by atoms with Gasteiger partial charge in [0.1, 0.15) is 5.75 Å². The molecule has 0 aliphatic carbocycles. The molecule has 1 aromatic rings. The minimum absolute atomic E-state index is 0.374. The number of phenolic OH excluding ortho intramolecular Hbond substituents is 1. The van der Waals surface area contributed by atoms with Crippen molar-refractivity contribution in [1.82, 2.24) is 4.90 Å². The Kier molecular flexibility index (Phi) is 3.72. The molecule has 2 heteroatoms. The first kappa shape index (κ1) is 12.4. The number of hydrogen-bond acceptors (Lipinski definition) is 2. The zero-order valence-electron chi connectivity index (χ0n) is 10.9. The molecule has 1 fully saturated rings. The number of nitrogens with zero attached hydrogens (tertiary/aromatic N) is 1. The Morgan fingerprint density at radius 3 is 2.65 bits per heavy atom. The molecule has 1 saturated heterocycles. The summed E-state index contributed by atoms with van der Waals surface area (Å²) in [6.07, 6.45) is 3.87. The van der Waals surface area contributed by atoms with Crippen LogP contribution in [0.15, 0.2) is 24.3 Å². The predicted octanol–water partition coefficient (Wildman–Crippen LogP) is 3.40. The van der Waals surface area contributed by atoms with Crippen LogP contribution in [-0.2, 0) is 6.54 Å². The first-order valence-electron chi connectivity index (χ1n) is 6.68. The summed E-state index contributed by atoms with van der Waals surface area (Å²) in [4.78, 5) is 2.52. The van der Waals surface area contributed by atoms with Crippen LogP contribution in [0.1, 0.15) is 38.7 Å². The first-order chi connectivity index (χ1) is 8.17. The molecule has 0 bridgehead atoms. The second-order valence-corrected chi connectivity index (χ2v) is 5.34. The Bertz CT molecular complexity index is 371. The average molecular weight is 233 g/mol. The van der Waals surface area contributed by atoms with Crippen molar-refractivity contribution in [3.8, 4) is 5.75 Å². The molecule has 0 radical (unpaired) electrons. The zero-order chi connectivity index (χ0) is 12.3. The highest BCUT2D eigenvalue weighted by Gasteiger charge is 2.34. The Morgan fingerprint density at radius 1 is 1.29 bits per heavy atom. The molecule has 94 valence electrons. The van der Waals surface area contributed by atoms with Gasteiger partial charge < -0.3 is 5.11 Å². The molecule has 0 saturated carbocycles. The van der Waals surface area contributed by atoms with Crippen molar-refractivity contribution in [2.75, 3.05) is 13.1 Å². The molecule has 2 nitrogen and oxygen atoms in total. The van der Waals surface area contributed by atoms with Crippen molar-refractivity contribution < 1.29 is 5.11 Å². The van der Waals surface area contributed by atoms with E-state index in [4.69, 9.17) is 0 Å². The fourth-order valence-electron chi connectivity index (χ4n) is 2.90. The van der Waals surface area contributed by atoms with E-state index in [0.717, 1.165) is 6.54 Å². The Labute approximate surface area is 104 Å². The lowest BCUT2D eigenvalue weighted by atomic mass is 9.82. The van der Waals surface area contributed by atoms with E-state index in [9.17, 15) is 5.11 Å². The number of hydrogen-bond donors (Lipinski definition) is 1. The van der Waals surface area contributed by atoms with Crippen LogP contribution in [0.2, 0.25) is 0 Å². The monoisotopic (exact) mass is 233 g/mol. The van der Waals surface area contributed by atoms with Crippen molar-refractivity contribution >= 4 is 0 Å². The Morgan fingerprint density at radius 2 is 2.06 bits per heavy atom. The smallest absolute Gasteiger partial charge is 0.115 e. The van der Waals surface area contributed by atoms with Gasteiger partial charge in [0.2, 0.25) is 0 Å². The maximum atomic E-state index is 9.46. The van der Waals surface area contributed by atoms with Gasteiger partial charge in [-0.15, -0.1) is 0 Å². The van der Waals surface area contributed by atoms with Gasteiger partial charge in [-0.2, -0.15) is 0 Å². The minimum atomic E-state index is 0.374. The minimum Gasteiger partial charge on any atom is -0.508 e. The van der Waals surface area contributed by atoms with Gasteiger partial charge in [-0.05, 0) is 48.9 Å². The van der Waals surface area contributed by atoms with Gasteiger partial charge >= 0.3 is 0 Å². The van der Waals surface area contributed by atoms with Gasteiger partial charge in [0.25, 0.3) is 0 Å². The maximum absolute atomic E-state index is 9.46. The van der Waals surface area contributed by atoms with Gasteiger partial charge in [-0.3, -0.25) is 4.90 Å². The second kappa shape index (κ2) is 5.09. The lowest BCUT2D eigenvalue weighted by molar-refractivity contribution is 0.236. The summed E-state index contributed by atoms with van der Waals surface area (Å²) in [7, 11) is 0. The molecule has 2 rings (SSSR count). The van der Waals surface area contributed by atoms with Crippen molar-refractivity contribution in [2.45, 2.75) is 39.7 Å². The van der Waals surface area contributed by atoms with Crippen LogP contribution < -0.4 is 0 Å². The van der Waals surface area contributed by atoms with Crippen LogP contribution in [0, 0.1) is 5.41 Å². The van der Waals surface area contributed by atoms with Crippen molar-refractivity contribution in [3.63, 3.8) is 0 Å². The summed E-state index contributed by atoms with van der Waals surface area (Å²) < 4.78 is 0. The highest BCUT2D eigenvalue weighted by atomic mass is 16.3. The van der Waals surface area contributed by atoms with E-state index >= 15 is 0 Å². The van der Waals surface area contributed by atoms with E-state index in [1.807, 2.05) is 12.1 Å². The van der Waals surface area contributed by atoms with E-state index in [1.165, 1.54) is 37.9 Å². The van der Waals surface area contributed by atoms with Gasteiger partial charge in [-0.1, -0.05) is 26.0 Å². The molecule has 17 heavy (non-hydrogen) atoms. The average Bonchev–Trinajstić information content (AvgIpc) is 2.73. The number of rotatable bonds is 4. The fourth-order valence-corrected chi connectivity index (χ4v) is 2.90. The highest BCUT2D eigenvalue weighted by molar-refractivity contribution is 5.27. The zero-order valence-corrected chi connectivity index (χ0v) is 10.9. The molecule has 1 N–H and O–H groups in total. The third-order valence-corrected chi connectivity index (χ3v) is 4.33. The SMILES string of the molecule is CCC1(CC)CCN(Cc2cccc(O)c2)C1. The van der Waals surface area contributed by atoms with Gasteiger partial charge in [-0.25, -0.2) is 0 Å². The first-order valence-corrected chi connectivity index (χ1v) is 6.68. The van der Waals surface area contributed by atoms with Crippen LogP contribution >= 0.6 is 0 Å². The molecule has 0 unspecified atom stereocenters. The van der Waals surface area contributed by atoms with Crippen LogP contribution in [-0.4, -0.2) is 23.1 Å². The normalized spacial score (nSPS) is 19.6. The quantitative estimate of drug-likeness (QED) is 0.861. The Hall–Kier alpha value is -1.02. The molecule has 1 aliphatic heterocycles. The van der Waals surface area contributed by atoms with E-state index in [2.05, 4.69) is 24.8 Å². The second-order valence-electron chi connectivity index (χ2n) is 5.34. The van der Waals surface area contributed by atoms with Crippen LogP contribution in [0.3, 0.4) is 0 Å². The van der Waals surface area contributed by atoms with E-state index < -0.39 is 0 Å². The van der Waals surface area contributed by atoms with Gasteiger partial charge in [0, 0.05) is 13.1 Å². The molecular formula is C15H23NO. The summed E-state index contributed by atoms with van der Waals surface area (Å²) in [5.74, 6) is 0.374. The Balaban J connectivity index is 1.98. The van der Waals surface area contributed by atoms with E-state index in [0.29, 0.717) is 11.2 Å². The number of benzene rings is 1. The van der Waals surface area contributed by atoms with E-state index in [-0.39, 0.29) is 0 Å². The maximum Gasteiger partial charge on any atom is 0.115 e. The van der Waals surface area contributed by atoms with E-state index in [1.54, 1.807) is 6.07 Å². The number of aromatic hydroxyl groups is 1. The molecule has 0 aromatic heterocycles.